The van der Waals surface area contributed by atoms with Gasteiger partial charge in [-0.25, -0.2) is 18.0 Å². The van der Waals surface area contributed by atoms with Gasteiger partial charge in [0.25, 0.3) is 0 Å². The normalized spacial score (nSPS) is 20.2. The molecule has 1 saturated heterocycles. The maximum Gasteiger partial charge on any atom is 0.410 e. The number of aromatic hydroxyl groups is 1. The van der Waals surface area contributed by atoms with Crippen LogP contribution >= 0.6 is 11.6 Å². The number of hydrogen-bond donors (Lipinski definition) is 3. The number of urea groups is 1. The number of benzene rings is 1. The quantitative estimate of drug-likeness (QED) is 0.452. The van der Waals surface area contributed by atoms with E-state index in [1.165, 1.54) is 17.0 Å². The van der Waals surface area contributed by atoms with Crippen LogP contribution in [0.5, 0.6) is 5.75 Å². The highest BCUT2D eigenvalue weighted by atomic mass is 35.5. The van der Waals surface area contributed by atoms with Gasteiger partial charge in [0.15, 0.2) is 15.6 Å². The molecule has 1 aliphatic carbocycles. The van der Waals surface area contributed by atoms with Crippen LogP contribution in [0.1, 0.15) is 63.8 Å². The molecule has 37 heavy (non-hydrogen) atoms. The molecule has 202 valence electrons. The van der Waals surface area contributed by atoms with Crippen molar-refractivity contribution in [1.29, 1.82) is 0 Å². The summed E-state index contributed by atoms with van der Waals surface area (Å²) in [5.74, 6) is 0.178. The summed E-state index contributed by atoms with van der Waals surface area (Å²) in [6.07, 6.45) is 4.08. The Bertz CT molecular complexity index is 1290. The minimum Gasteiger partial charge on any atom is -0.504 e. The first-order valence-corrected chi connectivity index (χ1v) is 14.2. The number of ether oxygens (including phenoxy) is 1. The fourth-order valence-electron chi connectivity index (χ4n) is 4.72. The second kappa shape index (κ2) is 10.4. The molecule has 2 aromatic rings. The second-order valence-electron chi connectivity index (χ2n) is 10.4. The monoisotopic (exact) mass is 553 g/mol. The molecule has 4 rings (SSSR count). The Balaban J connectivity index is 1.51. The molecular formula is C25H32ClN3O7S. The average molecular weight is 554 g/mol. The van der Waals surface area contributed by atoms with Crippen LogP contribution < -0.4 is 10.6 Å². The Morgan fingerprint density at radius 3 is 2.68 bits per heavy atom. The van der Waals surface area contributed by atoms with Crippen molar-refractivity contribution in [3.63, 3.8) is 0 Å². The predicted molar refractivity (Wildman–Crippen MR) is 138 cm³/mol. The SMILES string of the molecule is CC(C)(C)OC(=O)N1CCC[C@H](S(=O)(=O)c2c(Cl)ccc(NC(=O)NC3CCCc4occc43)c2O)C1. The number of nitrogens with zero attached hydrogens (tertiary/aromatic N) is 1. The zero-order chi connectivity index (χ0) is 27.0. The third kappa shape index (κ3) is 5.98. The molecule has 1 aromatic heterocycles. The molecule has 3 N–H and O–H groups in total. The number of furan rings is 1. The third-order valence-corrected chi connectivity index (χ3v) is 9.11. The molecule has 10 nitrogen and oxygen atoms in total. The number of fused-ring (bicyclic) bond motifs is 1. The average Bonchev–Trinajstić information content (AvgIpc) is 3.30. The molecule has 2 aliphatic rings. The standard InChI is InChI=1S/C25H32ClN3O7S/c1-25(2,3)36-24(32)29-12-5-6-15(14-29)37(33,34)22-17(26)9-10-19(21(22)30)28-23(31)27-18-7-4-8-20-16(18)11-13-35-20/h9-11,13,15,18,30H,4-8,12,14H2,1-3H3,(H2,27,28,31)/t15-,18?/m0/s1. The number of carbonyl (C=O) groups is 2. The lowest BCUT2D eigenvalue weighted by Crippen LogP contribution is -2.47. The number of carbonyl (C=O) groups excluding carboxylic acids is 2. The van der Waals surface area contributed by atoms with Crippen molar-refractivity contribution in [3.8, 4) is 5.75 Å². The summed E-state index contributed by atoms with van der Waals surface area (Å²) in [5.41, 5.74) is 0.0855. The van der Waals surface area contributed by atoms with E-state index >= 15 is 0 Å². The van der Waals surface area contributed by atoms with Crippen LogP contribution in [0.15, 0.2) is 33.8 Å². The van der Waals surface area contributed by atoms with Gasteiger partial charge in [-0.15, -0.1) is 0 Å². The molecule has 0 radical (unpaired) electrons. The number of phenolic OH excluding ortho intramolecular Hbond substituents is 1. The third-order valence-electron chi connectivity index (χ3n) is 6.44. The van der Waals surface area contributed by atoms with E-state index < -0.39 is 43.5 Å². The summed E-state index contributed by atoms with van der Waals surface area (Å²) in [6.45, 7) is 5.47. The highest BCUT2D eigenvalue weighted by molar-refractivity contribution is 7.92. The minimum atomic E-state index is -4.17. The largest absolute Gasteiger partial charge is 0.504 e. The number of likely N-dealkylation sites (tertiary alicyclic amines) is 1. The Morgan fingerprint density at radius 2 is 1.95 bits per heavy atom. The molecule has 0 bridgehead atoms. The smallest absolute Gasteiger partial charge is 0.410 e. The van der Waals surface area contributed by atoms with Crippen molar-refractivity contribution in [2.24, 2.45) is 0 Å². The fourth-order valence-corrected chi connectivity index (χ4v) is 7.10. The van der Waals surface area contributed by atoms with Gasteiger partial charge in [-0.3, -0.25) is 0 Å². The van der Waals surface area contributed by atoms with Gasteiger partial charge >= 0.3 is 12.1 Å². The predicted octanol–water partition coefficient (Wildman–Crippen LogP) is 5.01. The lowest BCUT2D eigenvalue weighted by Gasteiger charge is -2.34. The molecule has 1 aromatic carbocycles. The number of anilines is 1. The lowest BCUT2D eigenvalue weighted by atomic mass is 9.93. The first-order chi connectivity index (χ1) is 17.4. The Morgan fingerprint density at radius 1 is 1.19 bits per heavy atom. The van der Waals surface area contributed by atoms with E-state index in [0.29, 0.717) is 13.0 Å². The van der Waals surface area contributed by atoms with E-state index in [1.54, 1.807) is 27.0 Å². The molecule has 1 aliphatic heterocycles. The Hall–Kier alpha value is -2.92. The van der Waals surface area contributed by atoms with Crippen LogP contribution in [0.3, 0.4) is 0 Å². The number of halogens is 1. The van der Waals surface area contributed by atoms with Crippen LogP contribution in [0.25, 0.3) is 0 Å². The van der Waals surface area contributed by atoms with E-state index in [9.17, 15) is 23.1 Å². The molecule has 1 unspecified atom stereocenters. The summed E-state index contributed by atoms with van der Waals surface area (Å²) >= 11 is 6.24. The van der Waals surface area contributed by atoms with Gasteiger partial charge in [0, 0.05) is 25.1 Å². The fraction of sp³-hybridized carbons (Fsp3) is 0.520. The summed E-state index contributed by atoms with van der Waals surface area (Å²) in [4.78, 5) is 26.1. The van der Waals surface area contributed by atoms with E-state index in [4.69, 9.17) is 20.8 Å². The molecule has 2 atom stereocenters. The van der Waals surface area contributed by atoms with Crippen LogP contribution in [0.4, 0.5) is 15.3 Å². The van der Waals surface area contributed by atoms with Crippen molar-refractivity contribution < 1.29 is 32.3 Å². The molecule has 12 heteroatoms. The van der Waals surface area contributed by atoms with Crippen molar-refractivity contribution in [3.05, 3.63) is 40.8 Å². The maximum absolute atomic E-state index is 13.6. The molecule has 0 spiro atoms. The Labute approximate surface area is 221 Å². The summed E-state index contributed by atoms with van der Waals surface area (Å²) in [7, 11) is -4.17. The zero-order valence-corrected chi connectivity index (χ0v) is 22.6. The van der Waals surface area contributed by atoms with Crippen LogP contribution in [-0.2, 0) is 21.0 Å². The minimum absolute atomic E-state index is 0.0940. The maximum atomic E-state index is 13.6. The van der Waals surface area contributed by atoms with Gasteiger partial charge in [-0.05, 0) is 64.7 Å². The number of amides is 3. The van der Waals surface area contributed by atoms with Gasteiger partial charge < -0.3 is 29.8 Å². The number of aryl methyl sites for hydroxylation is 1. The number of sulfone groups is 1. The van der Waals surface area contributed by atoms with Crippen molar-refractivity contribution in [2.45, 2.75) is 74.7 Å². The number of phenols is 1. The van der Waals surface area contributed by atoms with E-state index in [-0.39, 0.29) is 29.7 Å². The summed E-state index contributed by atoms with van der Waals surface area (Å²) < 4.78 is 38.0. The zero-order valence-electron chi connectivity index (χ0n) is 21.0. The van der Waals surface area contributed by atoms with Crippen LogP contribution in [0.2, 0.25) is 5.02 Å². The molecule has 1 fully saturated rings. The summed E-state index contributed by atoms with van der Waals surface area (Å²) in [5, 5.41) is 15.1. The first-order valence-electron chi connectivity index (χ1n) is 12.2. The topological polar surface area (TPSA) is 138 Å². The van der Waals surface area contributed by atoms with Crippen LogP contribution in [-0.4, -0.2) is 54.5 Å². The highest BCUT2D eigenvalue weighted by Gasteiger charge is 2.38. The second-order valence-corrected chi connectivity index (χ2v) is 12.9. The number of piperidine rings is 1. The number of rotatable bonds is 4. The van der Waals surface area contributed by atoms with E-state index in [0.717, 1.165) is 30.6 Å². The first kappa shape index (κ1) is 27.1. The van der Waals surface area contributed by atoms with Crippen molar-refractivity contribution in [1.82, 2.24) is 10.2 Å². The molecule has 3 amide bonds. The molecule has 0 saturated carbocycles. The van der Waals surface area contributed by atoms with E-state index in [2.05, 4.69) is 10.6 Å². The van der Waals surface area contributed by atoms with Crippen molar-refractivity contribution in [2.75, 3.05) is 18.4 Å². The Kier molecular flexibility index (Phi) is 7.66. The highest BCUT2D eigenvalue weighted by Crippen LogP contribution is 2.40. The molecular weight excluding hydrogens is 522 g/mol. The van der Waals surface area contributed by atoms with Gasteiger partial charge in [0.2, 0.25) is 0 Å². The van der Waals surface area contributed by atoms with Gasteiger partial charge in [-0.1, -0.05) is 11.6 Å². The summed E-state index contributed by atoms with van der Waals surface area (Å²) in [6, 6.07) is 3.60. The number of nitrogens with one attached hydrogen (secondary N) is 2. The number of hydrogen-bond acceptors (Lipinski definition) is 7. The molecule has 2 heterocycles. The van der Waals surface area contributed by atoms with Gasteiger partial charge in [0.05, 0.1) is 28.3 Å². The van der Waals surface area contributed by atoms with E-state index in [1.807, 2.05) is 6.07 Å². The van der Waals surface area contributed by atoms with Gasteiger partial charge in [-0.2, -0.15) is 0 Å². The van der Waals surface area contributed by atoms with Crippen LogP contribution in [0, 0.1) is 0 Å². The lowest BCUT2D eigenvalue weighted by molar-refractivity contribution is 0.0219. The van der Waals surface area contributed by atoms with Gasteiger partial charge in [0.1, 0.15) is 16.3 Å². The van der Waals surface area contributed by atoms with Crippen molar-refractivity contribution >= 4 is 39.2 Å².